The molecule has 3 unspecified atom stereocenters. The molecule has 1 fully saturated rings. The average molecular weight is 297 g/mol. The Morgan fingerprint density at radius 1 is 1.19 bits per heavy atom. The van der Waals surface area contributed by atoms with Crippen LogP contribution in [0.5, 0.6) is 5.75 Å². The second-order valence-corrected chi connectivity index (χ2v) is 5.82. The van der Waals surface area contributed by atoms with Crippen LogP contribution in [-0.4, -0.2) is 6.10 Å². The van der Waals surface area contributed by atoms with Gasteiger partial charge in [0.1, 0.15) is 5.75 Å². The first kappa shape index (κ1) is 15.7. The van der Waals surface area contributed by atoms with Crippen LogP contribution in [0.25, 0.3) is 0 Å². The maximum absolute atomic E-state index is 12.7. The number of rotatable bonds is 2. The first-order valence-electron chi connectivity index (χ1n) is 7.09. The molecule has 1 saturated carbocycles. The van der Waals surface area contributed by atoms with Gasteiger partial charge < -0.3 is 4.74 Å². The standard InChI is InChI=1S/C16H18F3NO/c1-10-3-4-13(7-11(10)2)21-14-5-6-15(16(17,18)19)12(8-14)9-20/h5-6,8,10-11,13H,3-4,7H2,1-2H3. The lowest BCUT2D eigenvalue weighted by atomic mass is 9.80. The second kappa shape index (κ2) is 5.97. The smallest absolute Gasteiger partial charge is 0.417 e. The molecule has 1 aliphatic rings. The number of benzene rings is 1. The molecule has 0 radical (unpaired) electrons. The van der Waals surface area contributed by atoms with Crippen molar-refractivity contribution in [2.75, 3.05) is 0 Å². The maximum atomic E-state index is 12.7. The zero-order valence-electron chi connectivity index (χ0n) is 12.1. The molecule has 5 heteroatoms. The van der Waals surface area contributed by atoms with E-state index in [0.29, 0.717) is 17.6 Å². The third-order valence-corrected chi connectivity index (χ3v) is 4.27. The van der Waals surface area contributed by atoms with Crippen LogP contribution < -0.4 is 4.74 Å². The summed E-state index contributed by atoms with van der Waals surface area (Å²) in [4.78, 5) is 0. The van der Waals surface area contributed by atoms with Crippen LogP contribution in [0, 0.1) is 23.2 Å². The molecule has 21 heavy (non-hydrogen) atoms. The Morgan fingerprint density at radius 3 is 2.48 bits per heavy atom. The minimum Gasteiger partial charge on any atom is -0.490 e. The van der Waals surface area contributed by atoms with Crippen LogP contribution in [0.1, 0.15) is 44.2 Å². The molecule has 0 bridgehead atoms. The van der Waals surface area contributed by atoms with Crippen LogP contribution in [0.2, 0.25) is 0 Å². The first-order chi connectivity index (χ1) is 9.81. The highest BCUT2D eigenvalue weighted by atomic mass is 19.4. The molecule has 2 rings (SSSR count). The fourth-order valence-electron chi connectivity index (χ4n) is 2.73. The van der Waals surface area contributed by atoms with E-state index in [1.807, 2.05) is 0 Å². The topological polar surface area (TPSA) is 33.0 Å². The number of nitrogens with zero attached hydrogens (tertiary/aromatic N) is 1. The third kappa shape index (κ3) is 3.69. The zero-order valence-corrected chi connectivity index (χ0v) is 12.1. The van der Waals surface area contributed by atoms with E-state index in [1.54, 1.807) is 6.07 Å². The van der Waals surface area contributed by atoms with Gasteiger partial charge in [0.2, 0.25) is 0 Å². The van der Waals surface area contributed by atoms with Gasteiger partial charge in [-0.1, -0.05) is 13.8 Å². The molecule has 0 aromatic heterocycles. The molecule has 114 valence electrons. The largest absolute Gasteiger partial charge is 0.490 e. The normalized spacial score (nSPS) is 26.2. The molecule has 3 atom stereocenters. The zero-order chi connectivity index (χ0) is 15.6. The number of hydrogen-bond donors (Lipinski definition) is 0. The molecule has 0 amide bonds. The lowest BCUT2D eigenvalue weighted by Crippen LogP contribution is -2.28. The predicted octanol–water partition coefficient (Wildman–Crippen LogP) is 4.78. The Morgan fingerprint density at radius 2 is 1.90 bits per heavy atom. The summed E-state index contributed by atoms with van der Waals surface area (Å²) in [7, 11) is 0. The number of nitriles is 1. The van der Waals surface area contributed by atoms with Crippen LogP contribution in [-0.2, 0) is 6.18 Å². The van der Waals surface area contributed by atoms with Gasteiger partial charge in [-0.3, -0.25) is 0 Å². The molecule has 1 aromatic carbocycles. The SMILES string of the molecule is CC1CCC(Oc2ccc(C(F)(F)F)c(C#N)c2)CC1C. The molecule has 0 heterocycles. The fourth-order valence-corrected chi connectivity index (χ4v) is 2.73. The van der Waals surface area contributed by atoms with Crippen molar-refractivity contribution < 1.29 is 17.9 Å². The summed E-state index contributed by atoms with van der Waals surface area (Å²) in [5, 5.41) is 8.88. The Hall–Kier alpha value is -1.70. The van der Waals surface area contributed by atoms with Crippen molar-refractivity contribution in [3.8, 4) is 11.8 Å². The highest BCUT2D eigenvalue weighted by Crippen LogP contribution is 2.35. The van der Waals surface area contributed by atoms with E-state index in [2.05, 4.69) is 13.8 Å². The van der Waals surface area contributed by atoms with E-state index in [4.69, 9.17) is 10.00 Å². The van der Waals surface area contributed by atoms with Crippen molar-refractivity contribution in [1.82, 2.24) is 0 Å². The highest BCUT2D eigenvalue weighted by molar-refractivity contribution is 5.44. The van der Waals surface area contributed by atoms with Gasteiger partial charge in [0.15, 0.2) is 0 Å². The molecule has 0 saturated heterocycles. The van der Waals surface area contributed by atoms with Gasteiger partial charge in [0, 0.05) is 0 Å². The van der Waals surface area contributed by atoms with E-state index in [1.165, 1.54) is 12.1 Å². The van der Waals surface area contributed by atoms with Crippen molar-refractivity contribution in [3.05, 3.63) is 29.3 Å². The van der Waals surface area contributed by atoms with E-state index >= 15 is 0 Å². The van der Waals surface area contributed by atoms with Gasteiger partial charge in [0.25, 0.3) is 0 Å². The van der Waals surface area contributed by atoms with Crippen LogP contribution in [0.4, 0.5) is 13.2 Å². The van der Waals surface area contributed by atoms with Crippen molar-refractivity contribution in [3.63, 3.8) is 0 Å². The third-order valence-electron chi connectivity index (χ3n) is 4.27. The van der Waals surface area contributed by atoms with Gasteiger partial charge >= 0.3 is 6.18 Å². The summed E-state index contributed by atoms with van der Waals surface area (Å²) in [6.07, 6.45) is -1.66. The molecular weight excluding hydrogens is 279 g/mol. The number of hydrogen-bond acceptors (Lipinski definition) is 2. The lowest BCUT2D eigenvalue weighted by Gasteiger charge is -2.32. The molecule has 2 nitrogen and oxygen atoms in total. The summed E-state index contributed by atoms with van der Waals surface area (Å²) in [5.74, 6) is 1.52. The first-order valence-corrected chi connectivity index (χ1v) is 7.09. The minimum atomic E-state index is -4.52. The lowest BCUT2D eigenvalue weighted by molar-refractivity contribution is -0.137. The van der Waals surface area contributed by atoms with Gasteiger partial charge in [-0.05, 0) is 49.3 Å². The van der Waals surface area contributed by atoms with Crippen LogP contribution >= 0.6 is 0 Å². The predicted molar refractivity (Wildman–Crippen MR) is 72.8 cm³/mol. The average Bonchev–Trinajstić information content (AvgIpc) is 2.41. The Bertz CT molecular complexity index is 547. The van der Waals surface area contributed by atoms with Crippen molar-refractivity contribution in [2.24, 2.45) is 11.8 Å². The molecule has 1 aliphatic carbocycles. The quantitative estimate of drug-likeness (QED) is 0.787. The maximum Gasteiger partial charge on any atom is 0.417 e. The molecule has 1 aromatic rings. The Labute approximate surface area is 122 Å². The number of halogens is 3. The second-order valence-electron chi connectivity index (χ2n) is 5.82. The fraction of sp³-hybridized carbons (Fsp3) is 0.562. The van der Waals surface area contributed by atoms with Crippen LogP contribution in [0.15, 0.2) is 18.2 Å². The summed E-state index contributed by atoms with van der Waals surface area (Å²) < 4.78 is 43.9. The Balaban J connectivity index is 2.14. The Kier molecular flexibility index (Phi) is 4.46. The van der Waals surface area contributed by atoms with Gasteiger partial charge in [0.05, 0.1) is 23.3 Å². The summed E-state index contributed by atoms with van der Waals surface area (Å²) >= 11 is 0. The molecular formula is C16H18F3NO. The van der Waals surface area contributed by atoms with E-state index in [0.717, 1.165) is 25.3 Å². The minimum absolute atomic E-state index is 0.0134. The molecule has 0 N–H and O–H groups in total. The summed E-state index contributed by atoms with van der Waals surface area (Å²) in [5.41, 5.74) is -1.31. The van der Waals surface area contributed by atoms with Crippen molar-refractivity contribution in [1.29, 1.82) is 5.26 Å². The van der Waals surface area contributed by atoms with Crippen molar-refractivity contribution in [2.45, 2.75) is 45.4 Å². The van der Waals surface area contributed by atoms with Gasteiger partial charge in [-0.2, -0.15) is 18.4 Å². The van der Waals surface area contributed by atoms with Gasteiger partial charge in [-0.25, -0.2) is 0 Å². The number of ether oxygens (including phenoxy) is 1. The van der Waals surface area contributed by atoms with E-state index < -0.39 is 17.3 Å². The number of alkyl halides is 3. The van der Waals surface area contributed by atoms with Crippen molar-refractivity contribution >= 4 is 0 Å². The molecule has 0 aliphatic heterocycles. The summed E-state index contributed by atoms with van der Waals surface area (Å²) in [6, 6.07) is 5.00. The van der Waals surface area contributed by atoms with E-state index in [-0.39, 0.29) is 6.10 Å². The molecule has 0 spiro atoms. The monoisotopic (exact) mass is 297 g/mol. The summed E-state index contributed by atoms with van der Waals surface area (Å²) in [6.45, 7) is 4.36. The highest BCUT2D eigenvalue weighted by Gasteiger charge is 2.34. The van der Waals surface area contributed by atoms with Gasteiger partial charge in [-0.15, -0.1) is 0 Å². The van der Waals surface area contributed by atoms with Crippen LogP contribution in [0.3, 0.4) is 0 Å². The van der Waals surface area contributed by atoms with E-state index in [9.17, 15) is 13.2 Å².